The summed E-state index contributed by atoms with van der Waals surface area (Å²) >= 11 is 0. The number of hydrogen-bond acceptors (Lipinski definition) is 8. The molecule has 198 valence electrons. The lowest BCUT2D eigenvalue weighted by atomic mass is 10.1. The highest BCUT2D eigenvalue weighted by Crippen LogP contribution is 2.30. The average Bonchev–Trinajstić information content (AvgIpc) is 2.80. The smallest absolute Gasteiger partial charge is 0.308 e. The third kappa shape index (κ3) is 8.51. The number of carbonyl (C=O) groups is 2. The summed E-state index contributed by atoms with van der Waals surface area (Å²) in [4.78, 5) is 31.9. The van der Waals surface area contributed by atoms with Gasteiger partial charge < -0.3 is 14.4 Å². The first-order valence-corrected chi connectivity index (χ1v) is 12.8. The van der Waals surface area contributed by atoms with Crippen LogP contribution in [0.3, 0.4) is 0 Å². The van der Waals surface area contributed by atoms with Crippen molar-refractivity contribution in [1.82, 2.24) is 9.79 Å². The minimum atomic E-state index is -4.32. The second kappa shape index (κ2) is 12.2. The van der Waals surface area contributed by atoms with Gasteiger partial charge >= 0.3 is 5.97 Å². The highest BCUT2D eigenvalue weighted by atomic mass is 32.2. The van der Waals surface area contributed by atoms with Gasteiger partial charge in [-0.3, -0.25) is 14.4 Å². The minimum Gasteiger partial charge on any atom is -0.487 e. The molecule has 10 nitrogen and oxygen atoms in total. The van der Waals surface area contributed by atoms with E-state index in [-0.39, 0.29) is 17.3 Å². The Morgan fingerprint density at radius 3 is 2.22 bits per heavy atom. The molecule has 2 aromatic carbocycles. The fourth-order valence-electron chi connectivity index (χ4n) is 3.13. The number of esters is 1. The van der Waals surface area contributed by atoms with Crippen LogP contribution in [0.4, 0.5) is 5.69 Å². The molecule has 0 saturated carbocycles. The zero-order valence-corrected chi connectivity index (χ0v) is 22.6. The summed E-state index contributed by atoms with van der Waals surface area (Å²) in [7, 11) is 1.89. The number of nitrogens with one attached hydrogen (secondary N) is 1. The number of carbonyl (C=O) groups excluding carboxylic acids is 2. The second-order valence-corrected chi connectivity index (χ2v) is 11.0. The molecule has 0 spiro atoms. The van der Waals surface area contributed by atoms with Crippen LogP contribution in [0.15, 0.2) is 53.4 Å². The monoisotopic (exact) mass is 521 g/mol. The van der Waals surface area contributed by atoms with Crippen LogP contribution in [0, 0.1) is 0 Å². The van der Waals surface area contributed by atoms with Crippen LogP contribution in [0.1, 0.15) is 32.8 Å². The van der Waals surface area contributed by atoms with Gasteiger partial charge in [0.2, 0.25) is 10.0 Å². The van der Waals surface area contributed by atoms with E-state index >= 15 is 0 Å². The molecule has 0 aliphatic rings. The van der Waals surface area contributed by atoms with Crippen molar-refractivity contribution in [2.45, 2.75) is 50.3 Å². The van der Waals surface area contributed by atoms with Crippen molar-refractivity contribution in [1.29, 1.82) is 0 Å². The van der Waals surface area contributed by atoms with E-state index in [0.29, 0.717) is 0 Å². The van der Waals surface area contributed by atoms with Gasteiger partial charge in [0, 0.05) is 32.9 Å². The van der Waals surface area contributed by atoms with Gasteiger partial charge in [-0.25, -0.2) is 13.5 Å². The van der Waals surface area contributed by atoms with E-state index in [2.05, 4.69) is 4.72 Å². The fraction of sp³-hybridized carbons (Fsp3) is 0.440. The van der Waals surface area contributed by atoms with Gasteiger partial charge in [-0.1, -0.05) is 30.3 Å². The number of hydroxylamine groups is 2. The lowest BCUT2D eigenvalue weighted by Gasteiger charge is -2.25. The molecule has 2 aromatic rings. The Morgan fingerprint density at radius 1 is 1.03 bits per heavy atom. The molecular weight excluding hydrogens is 486 g/mol. The Bertz CT molecular complexity index is 1150. The Hall–Kier alpha value is -3.15. The first-order valence-electron chi connectivity index (χ1n) is 11.3. The molecular formula is C25H35N3O7S. The van der Waals surface area contributed by atoms with E-state index in [4.69, 9.17) is 14.3 Å². The summed E-state index contributed by atoms with van der Waals surface area (Å²) in [5.74, 6) is -1.40. The number of sulfonamides is 1. The molecule has 0 aliphatic carbocycles. The van der Waals surface area contributed by atoms with E-state index in [1.807, 2.05) is 49.3 Å². The van der Waals surface area contributed by atoms with Gasteiger partial charge in [-0.2, -0.15) is 4.72 Å². The molecule has 0 heterocycles. The topological polar surface area (TPSA) is 114 Å². The van der Waals surface area contributed by atoms with E-state index in [1.54, 1.807) is 32.9 Å². The summed E-state index contributed by atoms with van der Waals surface area (Å²) in [5, 5.41) is 0.847. The molecule has 0 radical (unpaired) electrons. The molecule has 0 unspecified atom stereocenters. The first kappa shape index (κ1) is 29.1. The molecule has 0 aliphatic heterocycles. The molecule has 0 fully saturated rings. The van der Waals surface area contributed by atoms with Gasteiger partial charge in [0.25, 0.3) is 5.91 Å². The molecule has 1 atom stereocenters. The first-order chi connectivity index (χ1) is 16.7. The number of rotatable bonds is 11. The number of amides is 1. The average molecular weight is 522 g/mol. The Balaban J connectivity index is 2.41. The molecule has 1 amide bonds. The fourth-order valence-corrected chi connectivity index (χ4v) is 4.45. The van der Waals surface area contributed by atoms with Gasteiger partial charge in [-0.05, 0) is 38.5 Å². The quantitative estimate of drug-likeness (QED) is 0.355. The van der Waals surface area contributed by atoms with Crippen LogP contribution in [-0.2, 0) is 35.8 Å². The Kier molecular flexibility index (Phi) is 9.85. The standard InChI is InChI=1S/C25H35N3O7S/c1-25(2,3)35-23(29)16-20(24(30)28(6)33-7)26-36(31,32)22-14-13-19(27(4)5)15-21(22)34-17-18-11-9-8-10-12-18/h8-15,20,26H,16-17H2,1-7H3/t20-/m0/s1. The summed E-state index contributed by atoms with van der Waals surface area (Å²) in [5.41, 5.74) is 0.762. The van der Waals surface area contributed by atoms with Crippen LogP contribution in [0.5, 0.6) is 5.75 Å². The van der Waals surface area contributed by atoms with Crippen LogP contribution in [0.25, 0.3) is 0 Å². The zero-order valence-electron chi connectivity index (χ0n) is 21.8. The van der Waals surface area contributed by atoms with E-state index in [9.17, 15) is 18.0 Å². The zero-order chi connectivity index (χ0) is 27.1. The van der Waals surface area contributed by atoms with Crippen LogP contribution in [-0.4, -0.2) is 65.3 Å². The maximum atomic E-state index is 13.5. The third-order valence-corrected chi connectivity index (χ3v) is 6.45. The Labute approximate surface area is 213 Å². The normalized spacial score (nSPS) is 12.5. The highest BCUT2D eigenvalue weighted by molar-refractivity contribution is 7.89. The number of ether oxygens (including phenoxy) is 2. The molecule has 2 rings (SSSR count). The van der Waals surface area contributed by atoms with Gasteiger partial charge in [0.05, 0.1) is 13.5 Å². The van der Waals surface area contributed by atoms with Gasteiger partial charge in [0.1, 0.15) is 28.9 Å². The molecule has 11 heteroatoms. The predicted molar refractivity (Wildman–Crippen MR) is 136 cm³/mol. The van der Waals surface area contributed by atoms with Crippen molar-refractivity contribution in [3.8, 4) is 5.75 Å². The maximum Gasteiger partial charge on any atom is 0.308 e. The highest BCUT2D eigenvalue weighted by Gasteiger charge is 2.33. The summed E-state index contributed by atoms with van der Waals surface area (Å²) < 4.78 is 40.5. The third-order valence-electron chi connectivity index (χ3n) is 4.94. The van der Waals surface area contributed by atoms with Crippen LogP contribution >= 0.6 is 0 Å². The lowest BCUT2D eigenvalue weighted by molar-refractivity contribution is -0.173. The SMILES string of the molecule is CON(C)C(=O)[C@H](CC(=O)OC(C)(C)C)NS(=O)(=O)c1ccc(N(C)C)cc1OCc1ccccc1. The van der Waals surface area contributed by atoms with E-state index < -0.39 is 40.0 Å². The van der Waals surface area contributed by atoms with Crippen molar-refractivity contribution in [3.63, 3.8) is 0 Å². The number of hydrogen-bond donors (Lipinski definition) is 1. The number of nitrogens with zero attached hydrogens (tertiary/aromatic N) is 2. The lowest BCUT2D eigenvalue weighted by Crippen LogP contribution is -2.48. The van der Waals surface area contributed by atoms with Gasteiger partial charge in [-0.15, -0.1) is 0 Å². The van der Waals surface area contributed by atoms with Crippen LogP contribution < -0.4 is 14.4 Å². The van der Waals surface area contributed by atoms with E-state index in [1.165, 1.54) is 20.2 Å². The molecule has 0 aromatic heterocycles. The van der Waals surface area contributed by atoms with Crippen molar-refractivity contribution < 1.29 is 32.3 Å². The summed E-state index contributed by atoms with van der Waals surface area (Å²) in [6.07, 6.45) is -0.529. The maximum absolute atomic E-state index is 13.5. The molecule has 1 N–H and O–H groups in total. The summed E-state index contributed by atoms with van der Waals surface area (Å²) in [6.45, 7) is 5.16. The summed E-state index contributed by atoms with van der Waals surface area (Å²) in [6, 6.07) is 12.4. The Morgan fingerprint density at radius 2 is 1.67 bits per heavy atom. The second-order valence-electron chi connectivity index (χ2n) is 9.28. The van der Waals surface area contributed by atoms with Crippen LogP contribution in [0.2, 0.25) is 0 Å². The number of likely N-dealkylation sites (N-methyl/N-ethyl adjacent to an activating group) is 1. The molecule has 36 heavy (non-hydrogen) atoms. The number of benzene rings is 2. The number of anilines is 1. The van der Waals surface area contributed by atoms with Gasteiger partial charge in [0.15, 0.2) is 0 Å². The van der Waals surface area contributed by atoms with Crippen molar-refractivity contribution in [2.24, 2.45) is 0 Å². The van der Waals surface area contributed by atoms with E-state index in [0.717, 1.165) is 16.3 Å². The molecule has 0 saturated heterocycles. The van der Waals surface area contributed by atoms with Crippen molar-refractivity contribution >= 4 is 27.6 Å². The van der Waals surface area contributed by atoms with Crippen molar-refractivity contribution in [3.05, 3.63) is 54.1 Å². The predicted octanol–water partition coefficient (Wildman–Crippen LogP) is 2.73. The van der Waals surface area contributed by atoms with Crippen molar-refractivity contribution in [2.75, 3.05) is 33.2 Å². The largest absolute Gasteiger partial charge is 0.487 e. The minimum absolute atomic E-state index is 0.0983. The molecule has 0 bridgehead atoms.